The zero-order valence-corrected chi connectivity index (χ0v) is 16.3. The predicted octanol–water partition coefficient (Wildman–Crippen LogP) is 3.57. The lowest BCUT2D eigenvalue weighted by Gasteiger charge is -2.33. The van der Waals surface area contributed by atoms with Gasteiger partial charge in [-0.15, -0.1) is 0 Å². The van der Waals surface area contributed by atoms with E-state index in [1.807, 2.05) is 25.9 Å². The highest BCUT2D eigenvalue weighted by atomic mass is 35.5. The maximum absolute atomic E-state index is 13.2. The van der Waals surface area contributed by atoms with Crippen molar-refractivity contribution in [1.82, 2.24) is 4.90 Å². The van der Waals surface area contributed by atoms with Crippen molar-refractivity contribution in [3.05, 3.63) is 70.4 Å². The average molecular weight is 391 g/mol. The van der Waals surface area contributed by atoms with Crippen molar-refractivity contribution in [2.45, 2.75) is 11.8 Å². The molecule has 0 N–H and O–H groups in total. The minimum Gasteiger partial charge on any atom is -0.381 e. The van der Waals surface area contributed by atoms with Crippen LogP contribution in [0.2, 0.25) is 5.02 Å². The van der Waals surface area contributed by atoms with Crippen LogP contribution in [0.4, 0.5) is 5.69 Å². The molecule has 0 bridgehead atoms. The number of anilines is 1. The fourth-order valence-corrected chi connectivity index (χ4v) is 4.42. The van der Waals surface area contributed by atoms with Crippen molar-refractivity contribution in [3.63, 3.8) is 0 Å². The Morgan fingerprint density at radius 1 is 1.08 bits per heavy atom. The molecular weight excluding hydrogens is 372 g/mol. The second kappa shape index (κ2) is 6.78. The second-order valence-electron chi connectivity index (χ2n) is 6.27. The van der Waals surface area contributed by atoms with Gasteiger partial charge in [-0.2, -0.15) is 0 Å². The summed E-state index contributed by atoms with van der Waals surface area (Å²) in [6, 6.07) is 12.8. The van der Waals surface area contributed by atoms with Gasteiger partial charge in [0.15, 0.2) is 5.78 Å². The number of ketones is 1. The number of allylic oxidation sites excluding steroid dienone is 1. The number of hydrogen-bond acceptors (Lipinski definition) is 4. The zero-order valence-electron chi connectivity index (χ0n) is 14.7. The number of halogens is 1. The van der Waals surface area contributed by atoms with Crippen LogP contribution >= 0.6 is 11.6 Å². The number of nitrogens with zero attached hydrogens (tertiary/aromatic N) is 2. The molecule has 1 heterocycles. The van der Waals surface area contributed by atoms with Gasteiger partial charge in [-0.05, 0) is 43.3 Å². The monoisotopic (exact) mass is 390 g/mol. The van der Waals surface area contributed by atoms with E-state index in [9.17, 15) is 13.2 Å². The molecule has 7 heteroatoms. The van der Waals surface area contributed by atoms with Crippen LogP contribution < -0.4 is 4.31 Å². The molecule has 0 radical (unpaired) electrons. The number of benzene rings is 2. The summed E-state index contributed by atoms with van der Waals surface area (Å²) in [4.78, 5) is 14.8. The summed E-state index contributed by atoms with van der Waals surface area (Å²) in [7, 11) is -0.183. The molecule has 5 nitrogen and oxygen atoms in total. The van der Waals surface area contributed by atoms with E-state index in [1.54, 1.807) is 24.3 Å². The maximum Gasteiger partial charge on any atom is 0.264 e. The minimum atomic E-state index is -3.84. The standard InChI is InChI=1S/C19H19ClN2O3S/c1-13(21(2)3)17-12-22(18-7-5-4-6-16(18)19(17)23)26(24,25)15-10-8-14(20)9-11-15/h4-11H,12H2,1-3H3. The van der Waals surface area contributed by atoms with E-state index in [-0.39, 0.29) is 17.2 Å². The van der Waals surface area contributed by atoms with E-state index in [4.69, 9.17) is 11.6 Å². The molecule has 0 unspecified atom stereocenters. The first-order valence-corrected chi connectivity index (χ1v) is 9.84. The molecule has 0 amide bonds. The third kappa shape index (κ3) is 3.10. The van der Waals surface area contributed by atoms with Gasteiger partial charge in [0.1, 0.15) is 0 Å². The number of sulfonamides is 1. The molecule has 0 saturated carbocycles. The summed E-state index contributed by atoms with van der Waals surface area (Å²) in [6.45, 7) is 1.80. The molecule has 0 aromatic heterocycles. The van der Waals surface area contributed by atoms with Crippen molar-refractivity contribution < 1.29 is 13.2 Å². The van der Waals surface area contributed by atoms with Gasteiger partial charge in [-0.3, -0.25) is 9.10 Å². The smallest absolute Gasteiger partial charge is 0.264 e. The van der Waals surface area contributed by atoms with Gasteiger partial charge in [0.2, 0.25) is 0 Å². The van der Waals surface area contributed by atoms with E-state index in [0.717, 1.165) is 5.70 Å². The van der Waals surface area contributed by atoms with Crippen molar-refractivity contribution >= 4 is 33.1 Å². The summed E-state index contributed by atoms with van der Waals surface area (Å²) in [5.74, 6) is -0.144. The predicted molar refractivity (Wildman–Crippen MR) is 103 cm³/mol. The Balaban J connectivity index is 2.20. The Bertz CT molecular complexity index is 996. The van der Waals surface area contributed by atoms with Gasteiger partial charge < -0.3 is 4.90 Å². The van der Waals surface area contributed by atoms with Gasteiger partial charge in [-0.1, -0.05) is 23.7 Å². The Hall–Kier alpha value is -2.31. The first-order valence-electron chi connectivity index (χ1n) is 8.02. The molecule has 0 fully saturated rings. The third-order valence-electron chi connectivity index (χ3n) is 4.50. The zero-order chi connectivity index (χ0) is 19.1. The van der Waals surface area contributed by atoms with E-state index >= 15 is 0 Å². The molecule has 1 aliphatic rings. The number of para-hydroxylation sites is 1. The fourth-order valence-electron chi connectivity index (χ4n) is 2.84. The average Bonchev–Trinajstić information content (AvgIpc) is 2.62. The lowest BCUT2D eigenvalue weighted by Crippen LogP contribution is -2.40. The number of Topliss-reactive ketones (excluding diaryl/α,β-unsaturated/α-hetero) is 1. The normalized spacial score (nSPS) is 16.3. The summed E-state index contributed by atoms with van der Waals surface area (Å²) >= 11 is 5.88. The first-order chi connectivity index (χ1) is 12.2. The Morgan fingerprint density at radius 3 is 2.31 bits per heavy atom. The highest BCUT2D eigenvalue weighted by Gasteiger charge is 2.35. The van der Waals surface area contributed by atoms with Crippen molar-refractivity contribution in [3.8, 4) is 0 Å². The van der Waals surface area contributed by atoms with Crippen molar-refractivity contribution in [1.29, 1.82) is 0 Å². The highest BCUT2D eigenvalue weighted by molar-refractivity contribution is 7.92. The van der Waals surface area contributed by atoms with Gasteiger partial charge in [0.25, 0.3) is 10.0 Å². The van der Waals surface area contributed by atoms with Crippen molar-refractivity contribution in [2.75, 3.05) is 24.9 Å². The van der Waals surface area contributed by atoms with Crippen LogP contribution in [0.1, 0.15) is 17.3 Å². The van der Waals surface area contributed by atoms with Crippen LogP contribution in [0.5, 0.6) is 0 Å². The van der Waals surface area contributed by atoms with Gasteiger partial charge in [-0.25, -0.2) is 8.42 Å². The number of carbonyl (C=O) groups excluding carboxylic acids is 1. The van der Waals surface area contributed by atoms with Gasteiger partial charge >= 0.3 is 0 Å². The largest absolute Gasteiger partial charge is 0.381 e. The highest BCUT2D eigenvalue weighted by Crippen LogP contribution is 2.35. The number of carbonyl (C=O) groups is 1. The second-order valence-corrected chi connectivity index (χ2v) is 8.57. The van der Waals surface area contributed by atoms with Crippen molar-refractivity contribution in [2.24, 2.45) is 0 Å². The minimum absolute atomic E-state index is 0.00911. The van der Waals surface area contributed by atoms with Crippen LogP contribution in [0.25, 0.3) is 0 Å². The molecular formula is C19H19ClN2O3S. The molecule has 2 aromatic carbocycles. The fraction of sp³-hybridized carbons (Fsp3) is 0.211. The molecule has 0 aliphatic carbocycles. The van der Waals surface area contributed by atoms with E-state index in [0.29, 0.717) is 21.8 Å². The molecule has 26 heavy (non-hydrogen) atoms. The third-order valence-corrected chi connectivity index (χ3v) is 6.53. The number of hydrogen-bond donors (Lipinski definition) is 0. The van der Waals surface area contributed by atoms with Crippen LogP contribution in [0.3, 0.4) is 0 Å². The molecule has 2 aromatic rings. The van der Waals surface area contributed by atoms with Crippen LogP contribution in [0.15, 0.2) is 64.7 Å². The molecule has 3 rings (SSSR count). The number of fused-ring (bicyclic) bond motifs is 1. The molecule has 0 saturated heterocycles. The summed E-state index contributed by atoms with van der Waals surface area (Å²) in [5, 5.41) is 0.460. The Kier molecular flexibility index (Phi) is 4.82. The Labute approximate surface area is 158 Å². The quantitative estimate of drug-likeness (QED) is 0.752. The molecule has 1 aliphatic heterocycles. The molecule has 0 atom stereocenters. The van der Waals surface area contributed by atoms with Crippen LogP contribution in [-0.2, 0) is 10.0 Å². The van der Waals surface area contributed by atoms with Crippen LogP contribution in [-0.4, -0.2) is 39.7 Å². The summed E-state index contributed by atoms with van der Waals surface area (Å²) < 4.78 is 27.8. The van der Waals surface area contributed by atoms with Gasteiger partial charge in [0.05, 0.1) is 17.1 Å². The van der Waals surface area contributed by atoms with E-state index in [1.165, 1.54) is 28.6 Å². The lowest BCUT2D eigenvalue weighted by molar-refractivity contribution is 0.102. The maximum atomic E-state index is 13.2. The summed E-state index contributed by atoms with van der Waals surface area (Å²) in [6.07, 6.45) is 0. The summed E-state index contributed by atoms with van der Waals surface area (Å²) in [5.41, 5.74) is 1.97. The first kappa shape index (κ1) is 18.5. The molecule has 136 valence electrons. The van der Waals surface area contributed by atoms with Gasteiger partial charge in [0, 0.05) is 36.0 Å². The molecule has 0 spiro atoms. The topological polar surface area (TPSA) is 57.7 Å². The van der Waals surface area contributed by atoms with Crippen LogP contribution in [0, 0.1) is 0 Å². The number of rotatable bonds is 3. The Morgan fingerprint density at radius 2 is 1.69 bits per heavy atom. The van der Waals surface area contributed by atoms with E-state index in [2.05, 4.69) is 0 Å². The SMILES string of the molecule is CC(=C1CN(S(=O)(=O)c2ccc(Cl)cc2)c2ccccc2C1=O)N(C)C. The van der Waals surface area contributed by atoms with E-state index < -0.39 is 10.0 Å². The lowest BCUT2D eigenvalue weighted by atomic mass is 9.96.